The van der Waals surface area contributed by atoms with Crippen molar-refractivity contribution in [2.24, 2.45) is 7.05 Å². The van der Waals surface area contributed by atoms with Gasteiger partial charge in [-0.1, -0.05) is 141 Å². The van der Waals surface area contributed by atoms with Gasteiger partial charge in [0.25, 0.3) is 0 Å². The first-order valence-corrected chi connectivity index (χ1v) is 53.8. The molecule has 1 unspecified atom stereocenters. The van der Waals surface area contributed by atoms with E-state index in [0.717, 1.165) is 187 Å². The molecule has 10 aromatic heterocycles. The number of benzene rings is 9. The molecule has 31 nitrogen and oxygen atoms in total. The number of amides is 2. The van der Waals surface area contributed by atoms with Gasteiger partial charge in [0.1, 0.15) is 37.9 Å². The monoisotopic (exact) mass is 2020 g/mol. The molecule has 150 heavy (non-hydrogen) atoms. The van der Waals surface area contributed by atoms with Gasteiger partial charge in [0.2, 0.25) is 11.9 Å². The highest BCUT2D eigenvalue weighted by molar-refractivity contribution is 7.98. The molecule has 0 aliphatic carbocycles. The molecule has 766 valence electrons. The van der Waals surface area contributed by atoms with Crippen LogP contribution in [0, 0.1) is 0 Å². The van der Waals surface area contributed by atoms with Crippen molar-refractivity contribution in [3.05, 3.63) is 344 Å². The van der Waals surface area contributed by atoms with E-state index >= 15 is 0 Å². The fourth-order valence-corrected chi connectivity index (χ4v) is 20.4. The van der Waals surface area contributed by atoms with Crippen LogP contribution in [0.5, 0.6) is 23.0 Å². The number of ether oxygens (including phenoxy) is 4. The molecule has 3 fully saturated rings. The summed E-state index contributed by atoms with van der Waals surface area (Å²) in [4.78, 5) is 41.9. The summed E-state index contributed by atoms with van der Waals surface area (Å²) in [7, 11) is -0.632. The van der Waals surface area contributed by atoms with E-state index in [4.69, 9.17) is 54.3 Å². The number of aryl methyl sites for hydroxylation is 3. The number of likely N-dealkylation sites (tertiary alicyclic amines) is 3. The van der Waals surface area contributed by atoms with E-state index in [2.05, 4.69) is 179 Å². The Morgan fingerprint density at radius 1 is 0.413 bits per heavy atom. The summed E-state index contributed by atoms with van der Waals surface area (Å²) in [6.45, 7) is 23.6. The fourth-order valence-electron chi connectivity index (χ4n) is 19.2. The zero-order valence-corrected chi connectivity index (χ0v) is 86.1. The number of hydrogen-bond acceptors (Lipinski definition) is 22. The molecular weight excluding hydrogens is 1900 g/mol. The first kappa shape index (κ1) is 101. The summed E-state index contributed by atoms with van der Waals surface area (Å²) in [5, 5.41) is 40.3. The van der Waals surface area contributed by atoms with Crippen LogP contribution in [0.3, 0.4) is 0 Å². The number of para-hydroxylation sites is 1. The molecule has 9 aromatic carbocycles. The number of pyridine rings is 4. The van der Waals surface area contributed by atoms with E-state index in [9.17, 15) is 9.00 Å². The molecule has 5 N–H and O–H groups in total. The standard InChI is InChI=1S/C33H34N6O.C29H31N7O.C28H29N7O.C28H33N5O3S/c40-33(34-28-11-2-1-3-12-28)35-29-13-6-10-27(24-29)30-14-7-15-32-36-31(37-39(30)32)23-26-18-16-25(17-19-26)9-8-22-38-20-4-5-21-38;1-2-35-21-24(20-30-35)22-7-5-8-23(19-22)27-9-6-10-28-32-29(33-36(27)28)31-25-11-13-26(14-12-25)37-18-17-34-15-3-4-16-34;1-33-20-23(19-29-33)21-6-4-7-22(18-21)26-8-5-9-27-31-28(32-35(26)27)30-24-10-12-25(13-11-24)36-17-16-34-14-2-3-15-34;1-4-32(5-2)16-15-29-37(3,34)23-12-9-21(10-13-23)19-27-30-28-8-6-7-24(33(28)31-27)22-11-14-25-26(20-22)36-18-17-35-25/h1-3,6-7,10-19,24H,4-5,8-9,20-23H2,(H2,34,35,40);5-14,19-21H,2-4,15-18H2,1H3,(H,31,33);4-13,18-20H,2-3,14-17H2,1H3,(H,30,32);6-14,20H,3-5,15-19H2,1-2H3,(H,29,34). The van der Waals surface area contributed by atoms with E-state index in [0.29, 0.717) is 74.1 Å². The van der Waals surface area contributed by atoms with Crippen molar-refractivity contribution in [3.63, 3.8) is 0 Å². The number of hydrogen-bond donors (Lipinski definition) is 5. The topological polar surface area (TPSA) is 301 Å². The minimum atomic E-state index is -2.56. The molecule has 23 rings (SSSR count). The molecule has 32 heteroatoms. The molecule has 19 aromatic rings. The molecule has 0 radical (unpaired) electrons. The van der Waals surface area contributed by atoms with Gasteiger partial charge in [-0.15, -0.1) is 10.2 Å². The molecule has 2 amide bonds. The highest BCUT2D eigenvalue weighted by Gasteiger charge is 2.23. The summed E-state index contributed by atoms with van der Waals surface area (Å²) >= 11 is 0. The second-order valence-corrected chi connectivity index (χ2v) is 40.0. The Bertz CT molecular complexity index is 7840. The SMILES string of the molecule is C=S(=O)(NCCN(CC)CC)c1ccc(Cc2nc3cccc(-c4ccc5c(c4)OCCO5)n3n2)cc1.CCn1cc(-c2cccc(-c3cccc4nc(Nc5ccc(OCCN6CCCC6)cc5)nn34)c2)cn1.Cn1cc(-c2cccc(-c3cccc4nc(Nc5ccc(OCCN6CCCC6)cc5)nn34)c2)cn1.O=C(Nc1ccccc1)Nc1cccc(-c2cccc3nc(Cc4ccc(CCCN5CCCC5)cc4)nn23)c1. The lowest BCUT2D eigenvalue weighted by atomic mass is 10.0. The van der Waals surface area contributed by atoms with Crippen molar-refractivity contribution in [1.82, 2.24) is 102 Å². The Balaban J connectivity index is 0.000000121. The largest absolute Gasteiger partial charge is 0.492 e. The summed E-state index contributed by atoms with van der Waals surface area (Å²) in [6, 6.07) is 96.1. The average Bonchev–Trinajstić information content (AvgIpc) is 1.43. The van der Waals surface area contributed by atoms with Gasteiger partial charge in [0, 0.05) is 126 Å². The maximum absolute atomic E-state index is 13.1. The number of anilines is 6. The second kappa shape index (κ2) is 48.6. The molecule has 0 bridgehead atoms. The number of rotatable bonds is 36. The van der Waals surface area contributed by atoms with Crippen LogP contribution in [-0.2, 0) is 42.6 Å². The van der Waals surface area contributed by atoms with E-state index in [-0.39, 0.29) is 6.03 Å². The van der Waals surface area contributed by atoms with Crippen LogP contribution in [-0.4, -0.2) is 225 Å². The van der Waals surface area contributed by atoms with Crippen LogP contribution < -0.4 is 44.9 Å². The van der Waals surface area contributed by atoms with Gasteiger partial charge in [0.15, 0.2) is 45.7 Å². The van der Waals surface area contributed by atoms with Crippen LogP contribution in [0.25, 0.3) is 89.9 Å². The molecule has 1 atom stereocenters. The van der Waals surface area contributed by atoms with Crippen LogP contribution in [0.4, 0.5) is 39.4 Å². The van der Waals surface area contributed by atoms with Gasteiger partial charge in [-0.25, -0.2) is 41.8 Å². The number of nitrogens with one attached hydrogen (secondary N) is 5. The van der Waals surface area contributed by atoms with E-state index in [1.807, 2.05) is 259 Å². The number of urea groups is 1. The molecule has 0 saturated carbocycles. The molecule has 14 heterocycles. The van der Waals surface area contributed by atoms with Crippen LogP contribution in [0.2, 0.25) is 0 Å². The predicted octanol–water partition coefficient (Wildman–Crippen LogP) is 20.9. The van der Waals surface area contributed by atoms with Gasteiger partial charge in [-0.05, 0) is 315 Å². The van der Waals surface area contributed by atoms with Gasteiger partial charge in [0.05, 0.1) is 44.9 Å². The van der Waals surface area contributed by atoms with Crippen molar-refractivity contribution in [2.45, 2.75) is 96.4 Å². The first-order valence-electron chi connectivity index (χ1n) is 52.1. The van der Waals surface area contributed by atoms with Crippen molar-refractivity contribution in [2.75, 3.05) is 133 Å². The number of nitrogens with zero attached hydrogens (tertiary/aromatic N) is 20. The highest BCUT2D eigenvalue weighted by Crippen LogP contribution is 2.37. The van der Waals surface area contributed by atoms with E-state index < -0.39 is 9.71 Å². The molecule has 3 saturated heterocycles. The molecule has 4 aliphatic rings. The Labute approximate surface area is 874 Å². The number of likely N-dealkylation sites (N-methyl/N-ethyl adjacent to an activating group) is 1. The molecule has 0 spiro atoms. The van der Waals surface area contributed by atoms with Crippen molar-refractivity contribution in [3.8, 4) is 90.3 Å². The summed E-state index contributed by atoms with van der Waals surface area (Å²) < 4.78 is 50.7. The third-order valence-corrected chi connectivity index (χ3v) is 29.0. The lowest BCUT2D eigenvalue weighted by molar-refractivity contribution is 0.171. The van der Waals surface area contributed by atoms with Gasteiger partial charge in [-0.3, -0.25) is 19.2 Å². The minimum Gasteiger partial charge on any atom is -0.492 e. The smallest absolute Gasteiger partial charge is 0.323 e. The second-order valence-electron chi connectivity index (χ2n) is 37.8. The number of carbonyl (C=O) groups excluding carboxylic acids is 1. The summed E-state index contributed by atoms with van der Waals surface area (Å²) in [6.07, 6.45) is 19.4. The van der Waals surface area contributed by atoms with Crippen LogP contribution >= 0.6 is 0 Å². The zero-order valence-electron chi connectivity index (χ0n) is 85.3. The zero-order chi connectivity index (χ0) is 102. The predicted molar refractivity (Wildman–Crippen MR) is 596 cm³/mol. The first-order chi connectivity index (χ1) is 73.6. The normalized spacial score (nSPS) is 14.0. The third kappa shape index (κ3) is 26.1. The quantitative estimate of drug-likeness (QED) is 0.0228. The summed E-state index contributed by atoms with van der Waals surface area (Å²) in [5.74, 6) is 9.80. The van der Waals surface area contributed by atoms with Crippen molar-refractivity contribution in [1.29, 1.82) is 0 Å². The molecule has 4 aliphatic heterocycles. The number of fused-ring (bicyclic) bond motifs is 5. The number of aromatic nitrogens is 16. The van der Waals surface area contributed by atoms with E-state index in [1.54, 1.807) is 0 Å². The highest BCUT2D eigenvalue weighted by atomic mass is 32.2. The third-order valence-electron chi connectivity index (χ3n) is 27.3. The van der Waals surface area contributed by atoms with Gasteiger partial charge in [-0.2, -0.15) is 30.4 Å². The van der Waals surface area contributed by atoms with Crippen LogP contribution in [0.15, 0.2) is 321 Å². The van der Waals surface area contributed by atoms with Gasteiger partial charge < -0.3 is 50.0 Å². The Morgan fingerprint density at radius 2 is 0.853 bits per heavy atom. The Kier molecular flexibility index (Phi) is 32.7. The van der Waals surface area contributed by atoms with Crippen LogP contribution in [0.1, 0.15) is 94.1 Å². The minimum absolute atomic E-state index is 0.290. The Morgan fingerprint density at radius 3 is 1.36 bits per heavy atom. The van der Waals surface area contributed by atoms with Gasteiger partial charge >= 0.3 is 6.03 Å². The maximum Gasteiger partial charge on any atom is 0.323 e. The maximum atomic E-state index is 13.1. The fraction of sp³-hybridized carbons (Fsp3) is 0.271. The lowest BCUT2D eigenvalue weighted by Crippen LogP contribution is -2.34. The summed E-state index contributed by atoms with van der Waals surface area (Å²) in [5.41, 5.74) is 22.3. The lowest BCUT2D eigenvalue weighted by Gasteiger charge is -2.19. The molecular formula is C118H127N25O6S. The average molecular weight is 2020 g/mol. The Hall–Kier alpha value is -16.2. The number of carbonyl (C=O) groups is 1. The van der Waals surface area contributed by atoms with Crippen molar-refractivity contribution < 1.29 is 28.0 Å². The van der Waals surface area contributed by atoms with E-state index in [1.165, 1.54) is 102 Å². The van der Waals surface area contributed by atoms with Crippen molar-refractivity contribution >= 4 is 78.8 Å².